The molecule has 0 unspecified atom stereocenters. The number of carboxylic acid groups (broad SMARTS) is 1. The van der Waals surface area contributed by atoms with E-state index in [9.17, 15) is 4.79 Å². The Labute approximate surface area is 81.7 Å². The number of aromatic nitrogens is 1. The molecule has 0 saturated heterocycles. The number of rotatable bonds is 5. The Morgan fingerprint density at radius 2 is 2.36 bits per heavy atom. The van der Waals surface area contributed by atoms with Gasteiger partial charge >= 0.3 is 5.97 Å². The van der Waals surface area contributed by atoms with E-state index in [1.807, 2.05) is 0 Å². The van der Waals surface area contributed by atoms with E-state index in [0.717, 1.165) is 6.42 Å². The minimum Gasteiger partial charge on any atom is -0.477 e. The van der Waals surface area contributed by atoms with Crippen molar-refractivity contribution in [3.63, 3.8) is 0 Å². The van der Waals surface area contributed by atoms with Crippen molar-refractivity contribution in [3.05, 3.63) is 17.0 Å². The van der Waals surface area contributed by atoms with Gasteiger partial charge in [0, 0.05) is 13.7 Å². The highest BCUT2D eigenvalue weighted by atomic mass is 16.5. The number of hydrogen-bond donors (Lipinski definition) is 1. The predicted octanol–water partition coefficient (Wildman–Crippen LogP) is 1.26. The average molecular weight is 199 g/mol. The normalized spacial score (nSPS) is 10.4. The summed E-state index contributed by atoms with van der Waals surface area (Å²) in [4.78, 5) is 10.8. The fourth-order valence-corrected chi connectivity index (χ4v) is 1.25. The number of methoxy groups -OCH3 is 1. The molecular formula is C9H13NO4. The summed E-state index contributed by atoms with van der Waals surface area (Å²) in [5.41, 5.74) is 0.674. The third-order valence-corrected chi connectivity index (χ3v) is 1.91. The molecule has 0 aromatic carbocycles. The first kappa shape index (κ1) is 10.7. The number of nitrogens with zero attached hydrogens (tertiary/aromatic N) is 1. The molecular weight excluding hydrogens is 186 g/mol. The molecule has 0 aliphatic heterocycles. The van der Waals surface area contributed by atoms with Crippen molar-refractivity contribution >= 4 is 5.97 Å². The van der Waals surface area contributed by atoms with Crippen LogP contribution < -0.4 is 0 Å². The Balaban J connectivity index is 2.71. The predicted molar refractivity (Wildman–Crippen MR) is 48.4 cm³/mol. The number of aryl methyl sites for hydroxylation is 2. The maximum absolute atomic E-state index is 10.8. The lowest BCUT2D eigenvalue weighted by Gasteiger charge is -1.97. The molecule has 14 heavy (non-hydrogen) atoms. The molecule has 0 saturated carbocycles. The highest BCUT2D eigenvalue weighted by Crippen LogP contribution is 2.14. The summed E-state index contributed by atoms with van der Waals surface area (Å²) < 4.78 is 9.68. The lowest BCUT2D eigenvalue weighted by molar-refractivity contribution is 0.0694. The molecule has 1 N–H and O–H groups in total. The molecule has 0 spiro atoms. The molecule has 0 fully saturated rings. The summed E-state index contributed by atoms with van der Waals surface area (Å²) >= 11 is 0. The number of carbonyl (C=O) groups is 1. The zero-order valence-corrected chi connectivity index (χ0v) is 8.24. The molecule has 0 radical (unpaired) electrons. The van der Waals surface area contributed by atoms with Crippen LogP contribution in [0.15, 0.2) is 4.52 Å². The molecule has 0 aliphatic carbocycles. The van der Waals surface area contributed by atoms with Gasteiger partial charge < -0.3 is 14.4 Å². The smallest absolute Gasteiger partial charge is 0.341 e. The van der Waals surface area contributed by atoms with Crippen LogP contribution in [0.3, 0.4) is 0 Å². The van der Waals surface area contributed by atoms with Crippen molar-refractivity contribution in [2.75, 3.05) is 13.7 Å². The first-order valence-corrected chi connectivity index (χ1v) is 4.34. The molecule has 1 heterocycles. The van der Waals surface area contributed by atoms with Gasteiger partial charge in [-0.1, -0.05) is 5.16 Å². The minimum absolute atomic E-state index is 0.182. The van der Waals surface area contributed by atoms with Crippen LogP contribution in [-0.4, -0.2) is 29.9 Å². The average Bonchev–Trinajstić information content (AvgIpc) is 2.47. The van der Waals surface area contributed by atoms with E-state index in [1.165, 1.54) is 0 Å². The Kier molecular flexibility index (Phi) is 3.64. The third kappa shape index (κ3) is 2.32. The molecule has 5 heteroatoms. The van der Waals surface area contributed by atoms with Crippen LogP contribution in [0.4, 0.5) is 0 Å². The number of ether oxygens (including phenoxy) is 1. The van der Waals surface area contributed by atoms with Gasteiger partial charge in [-0.2, -0.15) is 0 Å². The van der Waals surface area contributed by atoms with Gasteiger partial charge in [0.15, 0.2) is 0 Å². The summed E-state index contributed by atoms with van der Waals surface area (Å²) in [5.74, 6) is -0.638. The number of carboxylic acids is 1. The molecule has 0 atom stereocenters. The van der Waals surface area contributed by atoms with Crippen LogP contribution in [0.2, 0.25) is 0 Å². The van der Waals surface area contributed by atoms with Gasteiger partial charge in [0.05, 0.1) is 5.69 Å². The Bertz CT molecular complexity index is 319. The van der Waals surface area contributed by atoms with Crippen LogP contribution in [0.25, 0.3) is 0 Å². The largest absolute Gasteiger partial charge is 0.477 e. The summed E-state index contributed by atoms with van der Waals surface area (Å²) in [5, 5.41) is 12.6. The van der Waals surface area contributed by atoms with Gasteiger partial charge in [0.2, 0.25) is 0 Å². The maximum atomic E-state index is 10.8. The number of aromatic carboxylic acids is 1. The third-order valence-electron chi connectivity index (χ3n) is 1.91. The Hall–Kier alpha value is -1.36. The summed E-state index contributed by atoms with van der Waals surface area (Å²) in [7, 11) is 1.60. The summed E-state index contributed by atoms with van der Waals surface area (Å²) in [6, 6.07) is 0. The van der Waals surface area contributed by atoms with Crippen molar-refractivity contribution in [2.24, 2.45) is 0 Å². The van der Waals surface area contributed by atoms with Crippen LogP contribution in [-0.2, 0) is 11.2 Å². The molecule has 1 aromatic heterocycles. The summed E-state index contributed by atoms with van der Waals surface area (Å²) in [6.07, 6.45) is 1.30. The van der Waals surface area contributed by atoms with Gasteiger partial charge in [-0.05, 0) is 19.8 Å². The maximum Gasteiger partial charge on any atom is 0.341 e. The van der Waals surface area contributed by atoms with E-state index in [2.05, 4.69) is 5.16 Å². The molecule has 5 nitrogen and oxygen atoms in total. The van der Waals surface area contributed by atoms with Crippen LogP contribution in [0.1, 0.15) is 28.2 Å². The van der Waals surface area contributed by atoms with Crippen LogP contribution in [0, 0.1) is 6.92 Å². The second-order valence-electron chi connectivity index (χ2n) is 2.96. The van der Waals surface area contributed by atoms with Gasteiger partial charge in [-0.25, -0.2) is 4.79 Å². The fraction of sp³-hybridized carbons (Fsp3) is 0.556. The standard InChI is InChI=1S/C9H13NO4/c1-6-8(9(11)12)7(10-14-6)4-3-5-13-2/h3-5H2,1-2H3,(H,11,12). The monoisotopic (exact) mass is 199 g/mol. The van der Waals surface area contributed by atoms with E-state index in [1.54, 1.807) is 14.0 Å². The topological polar surface area (TPSA) is 72.6 Å². The van der Waals surface area contributed by atoms with Crippen LogP contribution >= 0.6 is 0 Å². The molecule has 0 aliphatic rings. The Morgan fingerprint density at radius 3 is 2.93 bits per heavy atom. The Morgan fingerprint density at radius 1 is 1.64 bits per heavy atom. The van der Waals surface area contributed by atoms with Gasteiger partial charge in [0.1, 0.15) is 11.3 Å². The zero-order valence-electron chi connectivity index (χ0n) is 8.24. The molecule has 1 aromatic rings. The van der Waals surface area contributed by atoms with Crippen molar-refractivity contribution < 1.29 is 19.2 Å². The van der Waals surface area contributed by atoms with Crippen molar-refractivity contribution in [1.29, 1.82) is 0 Å². The first-order valence-electron chi connectivity index (χ1n) is 4.34. The lowest BCUT2D eigenvalue weighted by Crippen LogP contribution is -2.03. The van der Waals surface area contributed by atoms with Crippen LogP contribution in [0.5, 0.6) is 0 Å². The van der Waals surface area contributed by atoms with E-state index in [0.29, 0.717) is 24.5 Å². The SMILES string of the molecule is COCCCc1noc(C)c1C(=O)O. The van der Waals surface area contributed by atoms with Gasteiger partial charge in [0.25, 0.3) is 0 Å². The second-order valence-corrected chi connectivity index (χ2v) is 2.96. The molecule has 78 valence electrons. The second kappa shape index (κ2) is 4.76. The van der Waals surface area contributed by atoms with Crippen molar-refractivity contribution in [2.45, 2.75) is 19.8 Å². The minimum atomic E-state index is -0.990. The quantitative estimate of drug-likeness (QED) is 0.723. The van der Waals surface area contributed by atoms with E-state index < -0.39 is 5.97 Å². The lowest BCUT2D eigenvalue weighted by atomic mass is 10.1. The van der Waals surface area contributed by atoms with Crippen molar-refractivity contribution in [1.82, 2.24) is 5.16 Å². The highest BCUT2D eigenvalue weighted by molar-refractivity contribution is 5.89. The first-order chi connectivity index (χ1) is 6.66. The molecule has 0 bridgehead atoms. The highest BCUT2D eigenvalue weighted by Gasteiger charge is 2.18. The van der Waals surface area contributed by atoms with Crippen molar-refractivity contribution in [3.8, 4) is 0 Å². The zero-order chi connectivity index (χ0) is 10.6. The van der Waals surface area contributed by atoms with Gasteiger partial charge in [-0.15, -0.1) is 0 Å². The number of hydrogen-bond acceptors (Lipinski definition) is 4. The fourth-order valence-electron chi connectivity index (χ4n) is 1.25. The van der Waals surface area contributed by atoms with E-state index in [-0.39, 0.29) is 5.56 Å². The van der Waals surface area contributed by atoms with E-state index >= 15 is 0 Å². The van der Waals surface area contributed by atoms with Gasteiger partial charge in [-0.3, -0.25) is 0 Å². The molecule has 1 rings (SSSR count). The molecule has 0 amide bonds. The van der Waals surface area contributed by atoms with E-state index in [4.69, 9.17) is 14.4 Å². The summed E-state index contributed by atoms with van der Waals surface area (Å²) in [6.45, 7) is 2.18.